The first-order valence-corrected chi connectivity index (χ1v) is 6.91. The Labute approximate surface area is 103 Å². The van der Waals surface area contributed by atoms with Crippen LogP contribution in [-0.4, -0.2) is 24.5 Å². The lowest BCUT2D eigenvalue weighted by Gasteiger charge is -2.29. The highest BCUT2D eigenvalue weighted by atomic mass is 16.5. The molecule has 0 amide bonds. The molecule has 17 heavy (non-hydrogen) atoms. The van der Waals surface area contributed by atoms with Gasteiger partial charge >= 0.3 is 0 Å². The Bertz CT molecular complexity index is 325. The minimum absolute atomic E-state index is 0.330. The summed E-state index contributed by atoms with van der Waals surface area (Å²) < 4.78 is 5.25. The van der Waals surface area contributed by atoms with E-state index in [0.29, 0.717) is 23.8 Å². The maximum absolute atomic E-state index is 12.1. The highest BCUT2D eigenvalue weighted by molar-refractivity contribution is 5.95. The van der Waals surface area contributed by atoms with Gasteiger partial charge in [0.15, 0.2) is 5.78 Å². The zero-order chi connectivity index (χ0) is 11.7. The quantitative estimate of drug-likeness (QED) is 0.814. The molecule has 2 atom stereocenters. The molecule has 0 aromatic heterocycles. The second-order valence-electron chi connectivity index (χ2n) is 5.72. The van der Waals surface area contributed by atoms with E-state index in [-0.39, 0.29) is 0 Å². The highest BCUT2D eigenvalue weighted by Gasteiger charge is 2.34. The van der Waals surface area contributed by atoms with Crippen LogP contribution in [0.2, 0.25) is 0 Å². The molecule has 3 aliphatic heterocycles. The predicted molar refractivity (Wildman–Crippen MR) is 65.6 cm³/mol. The Morgan fingerprint density at radius 2 is 2.12 bits per heavy atom. The molecular formula is C14H21NO2. The number of hydrogen-bond donors (Lipinski definition) is 1. The van der Waals surface area contributed by atoms with Crippen LogP contribution in [0.4, 0.5) is 0 Å². The Balaban J connectivity index is 1.56. The number of nitrogens with one attached hydrogen (secondary N) is 1. The van der Waals surface area contributed by atoms with Gasteiger partial charge in [0.25, 0.3) is 0 Å². The van der Waals surface area contributed by atoms with Gasteiger partial charge in [0.05, 0.1) is 12.9 Å². The van der Waals surface area contributed by atoms with Crippen molar-refractivity contribution in [2.45, 2.75) is 57.0 Å². The van der Waals surface area contributed by atoms with Crippen molar-refractivity contribution in [2.24, 2.45) is 5.92 Å². The number of Topliss-reactive ketones (excluding diaryl/α,β-unsaturated/α-hetero) is 1. The van der Waals surface area contributed by atoms with Crippen LogP contribution >= 0.6 is 0 Å². The molecule has 2 bridgehead atoms. The average Bonchev–Trinajstić information content (AvgIpc) is 2.70. The molecule has 2 saturated heterocycles. The summed E-state index contributed by atoms with van der Waals surface area (Å²) in [5.74, 6) is 0.931. The third kappa shape index (κ3) is 2.54. The second kappa shape index (κ2) is 4.81. The summed E-state index contributed by atoms with van der Waals surface area (Å²) in [7, 11) is 0. The van der Waals surface area contributed by atoms with Gasteiger partial charge in [0, 0.05) is 24.1 Å². The lowest BCUT2D eigenvalue weighted by molar-refractivity contribution is -0.117. The molecular weight excluding hydrogens is 214 g/mol. The van der Waals surface area contributed by atoms with E-state index in [1.165, 1.54) is 25.7 Å². The fourth-order valence-corrected chi connectivity index (χ4v) is 3.50. The number of ketones is 1. The van der Waals surface area contributed by atoms with Crippen molar-refractivity contribution >= 4 is 5.78 Å². The van der Waals surface area contributed by atoms with Gasteiger partial charge in [-0.1, -0.05) is 0 Å². The number of fused-ring (bicyclic) bond motifs is 2. The van der Waals surface area contributed by atoms with Crippen molar-refractivity contribution in [3.8, 4) is 0 Å². The van der Waals surface area contributed by atoms with Gasteiger partial charge < -0.3 is 10.1 Å². The molecule has 3 rings (SSSR count). The Hall–Kier alpha value is -0.830. The molecule has 2 unspecified atom stereocenters. The van der Waals surface area contributed by atoms with Crippen molar-refractivity contribution in [1.82, 2.24) is 5.32 Å². The minimum Gasteiger partial charge on any atom is -0.501 e. The van der Waals surface area contributed by atoms with Crippen LogP contribution in [0.1, 0.15) is 44.9 Å². The van der Waals surface area contributed by atoms with Crippen molar-refractivity contribution in [1.29, 1.82) is 0 Å². The Morgan fingerprint density at radius 1 is 1.35 bits per heavy atom. The van der Waals surface area contributed by atoms with Gasteiger partial charge in [-0.05, 0) is 44.4 Å². The van der Waals surface area contributed by atoms with E-state index in [0.717, 1.165) is 31.4 Å². The monoisotopic (exact) mass is 235 g/mol. The van der Waals surface area contributed by atoms with Crippen molar-refractivity contribution in [2.75, 3.05) is 6.61 Å². The first kappa shape index (κ1) is 11.3. The summed E-state index contributed by atoms with van der Waals surface area (Å²) >= 11 is 0. The smallest absolute Gasteiger partial charge is 0.162 e. The minimum atomic E-state index is 0.330. The molecule has 0 aliphatic carbocycles. The van der Waals surface area contributed by atoms with Gasteiger partial charge in [-0.15, -0.1) is 0 Å². The second-order valence-corrected chi connectivity index (χ2v) is 5.72. The molecule has 0 saturated carbocycles. The van der Waals surface area contributed by atoms with Crippen LogP contribution in [0.3, 0.4) is 0 Å². The first-order valence-electron chi connectivity index (χ1n) is 6.91. The van der Waals surface area contributed by atoms with Gasteiger partial charge in [-0.2, -0.15) is 0 Å². The summed E-state index contributed by atoms with van der Waals surface area (Å²) in [5.41, 5.74) is 0.919. The summed E-state index contributed by atoms with van der Waals surface area (Å²) in [6.45, 7) is 0.772. The van der Waals surface area contributed by atoms with Crippen LogP contribution < -0.4 is 5.32 Å². The number of carbonyl (C=O) groups excluding carboxylic acids is 1. The van der Waals surface area contributed by atoms with Gasteiger partial charge in [-0.3, -0.25) is 4.79 Å². The zero-order valence-electron chi connectivity index (χ0n) is 10.3. The average molecular weight is 235 g/mol. The van der Waals surface area contributed by atoms with Crippen LogP contribution in [0.25, 0.3) is 0 Å². The third-order valence-electron chi connectivity index (χ3n) is 4.34. The SMILES string of the molecule is O=C(CC1CC2CCC(C1)N2)C1=COCCC1. The lowest BCUT2D eigenvalue weighted by Crippen LogP contribution is -2.38. The fraction of sp³-hybridized carbons (Fsp3) is 0.786. The van der Waals surface area contributed by atoms with E-state index >= 15 is 0 Å². The molecule has 0 aromatic rings. The van der Waals surface area contributed by atoms with E-state index in [2.05, 4.69) is 5.32 Å². The fourth-order valence-electron chi connectivity index (χ4n) is 3.50. The van der Waals surface area contributed by atoms with Gasteiger partial charge in [0.2, 0.25) is 0 Å². The van der Waals surface area contributed by atoms with Crippen LogP contribution in [-0.2, 0) is 9.53 Å². The van der Waals surface area contributed by atoms with Crippen molar-refractivity contribution < 1.29 is 9.53 Å². The molecule has 0 radical (unpaired) electrons. The van der Waals surface area contributed by atoms with Crippen LogP contribution in [0, 0.1) is 5.92 Å². The Kier molecular flexibility index (Phi) is 3.19. The summed E-state index contributed by atoms with van der Waals surface area (Å²) in [6, 6.07) is 1.37. The predicted octanol–water partition coefficient (Wildman–Crippen LogP) is 2.17. The van der Waals surface area contributed by atoms with Gasteiger partial charge in [-0.25, -0.2) is 0 Å². The topological polar surface area (TPSA) is 38.3 Å². The van der Waals surface area contributed by atoms with E-state index in [1.807, 2.05) is 0 Å². The number of rotatable bonds is 3. The van der Waals surface area contributed by atoms with Crippen LogP contribution in [0.15, 0.2) is 11.8 Å². The molecule has 3 heterocycles. The molecule has 3 aliphatic rings. The lowest BCUT2D eigenvalue weighted by atomic mass is 9.86. The normalized spacial score (nSPS) is 36.2. The number of ether oxygens (including phenoxy) is 1. The standard InChI is InChI=1S/C14H21NO2/c16-14(11-2-1-5-17-9-11)8-10-6-12-3-4-13(7-10)15-12/h9-10,12-13,15H,1-8H2. The summed E-state index contributed by atoms with van der Waals surface area (Å²) in [4.78, 5) is 12.1. The third-order valence-corrected chi connectivity index (χ3v) is 4.34. The summed E-state index contributed by atoms with van der Waals surface area (Å²) in [5, 5.41) is 3.62. The number of carbonyl (C=O) groups is 1. The molecule has 2 fully saturated rings. The molecule has 1 N–H and O–H groups in total. The number of allylic oxidation sites excluding steroid dienone is 1. The van der Waals surface area contributed by atoms with Crippen molar-refractivity contribution in [3.63, 3.8) is 0 Å². The van der Waals surface area contributed by atoms with E-state index in [9.17, 15) is 4.79 Å². The van der Waals surface area contributed by atoms with E-state index < -0.39 is 0 Å². The largest absolute Gasteiger partial charge is 0.501 e. The van der Waals surface area contributed by atoms with Gasteiger partial charge in [0.1, 0.15) is 0 Å². The van der Waals surface area contributed by atoms with E-state index in [1.54, 1.807) is 6.26 Å². The summed E-state index contributed by atoms with van der Waals surface area (Å²) in [6.07, 6.45) is 9.34. The number of hydrogen-bond acceptors (Lipinski definition) is 3. The first-order chi connectivity index (χ1) is 8.31. The molecule has 3 nitrogen and oxygen atoms in total. The molecule has 0 aromatic carbocycles. The maximum Gasteiger partial charge on any atom is 0.162 e. The zero-order valence-corrected chi connectivity index (χ0v) is 10.3. The molecule has 0 spiro atoms. The number of piperidine rings is 1. The van der Waals surface area contributed by atoms with E-state index in [4.69, 9.17) is 4.74 Å². The van der Waals surface area contributed by atoms with Crippen molar-refractivity contribution in [3.05, 3.63) is 11.8 Å². The molecule has 3 heteroatoms. The van der Waals surface area contributed by atoms with Crippen LogP contribution in [0.5, 0.6) is 0 Å². The maximum atomic E-state index is 12.1. The molecule has 94 valence electrons. The Morgan fingerprint density at radius 3 is 2.76 bits per heavy atom. The highest BCUT2D eigenvalue weighted by Crippen LogP contribution is 2.33.